The minimum Gasteiger partial charge on any atom is -0.339 e. The third-order valence-electron chi connectivity index (χ3n) is 4.77. The van der Waals surface area contributed by atoms with Gasteiger partial charge in [0.15, 0.2) is 0 Å². The molecule has 0 radical (unpaired) electrons. The predicted octanol–water partition coefficient (Wildman–Crippen LogP) is 1.97. The monoisotopic (exact) mass is 277 g/mol. The summed E-state index contributed by atoms with van der Waals surface area (Å²) in [4.78, 5) is 7.08. The number of rotatable bonds is 5. The number of H-pyrrole nitrogens is 1. The number of hydrogen-bond acceptors (Lipinski definition) is 4. The molecule has 20 heavy (non-hydrogen) atoms. The molecule has 5 nitrogen and oxygen atoms in total. The van der Waals surface area contributed by atoms with Gasteiger partial charge in [0.25, 0.3) is 0 Å². The van der Waals surface area contributed by atoms with Crippen LogP contribution in [0.3, 0.4) is 0 Å². The Kier molecular flexibility index (Phi) is 4.55. The number of aromatic nitrogens is 3. The van der Waals surface area contributed by atoms with Crippen molar-refractivity contribution >= 4 is 5.95 Å². The highest BCUT2D eigenvalue weighted by Gasteiger charge is 2.23. The molecule has 1 aromatic rings. The Labute approximate surface area is 121 Å². The number of aromatic amines is 1. The van der Waals surface area contributed by atoms with Crippen LogP contribution < -0.4 is 10.2 Å². The first kappa shape index (κ1) is 13.9. The van der Waals surface area contributed by atoms with E-state index in [1.54, 1.807) is 0 Å². The first-order valence-electron chi connectivity index (χ1n) is 8.16. The van der Waals surface area contributed by atoms with Crippen LogP contribution in [0.25, 0.3) is 0 Å². The fourth-order valence-corrected chi connectivity index (χ4v) is 3.71. The number of hydrogen-bond donors (Lipinski definition) is 2. The average molecular weight is 277 g/mol. The van der Waals surface area contributed by atoms with E-state index in [2.05, 4.69) is 20.4 Å². The summed E-state index contributed by atoms with van der Waals surface area (Å²) in [6.07, 6.45) is 9.16. The molecule has 112 valence electrons. The van der Waals surface area contributed by atoms with Crippen molar-refractivity contribution in [2.45, 2.75) is 44.9 Å². The Balaban J connectivity index is 1.57. The van der Waals surface area contributed by atoms with E-state index in [1.165, 1.54) is 38.5 Å². The zero-order valence-corrected chi connectivity index (χ0v) is 12.6. The van der Waals surface area contributed by atoms with Gasteiger partial charge in [0.05, 0.1) is 0 Å². The summed E-state index contributed by atoms with van der Waals surface area (Å²) in [5.41, 5.74) is 0. The highest BCUT2D eigenvalue weighted by atomic mass is 15.4. The second-order valence-electron chi connectivity index (χ2n) is 6.45. The van der Waals surface area contributed by atoms with Gasteiger partial charge in [-0.15, -0.1) is 5.10 Å². The fraction of sp³-hybridized carbons (Fsp3) is 0.867. The van der Waals surface area contributed by atoms with Gasteiger partial charge in [-0.05, 0) is 38.3 Å². The van der Waals surface area contributed by atoms with E-state index in [0.29, 0.717) is 0 Å². The lowest BCUT2D eigenvalue weighted by Crippen LogP contribution is -2.39. The standard InChI is InChI=1S/C15H27N5/c1-16-10-13-7-4-8-20(11-13)15-17-14(18-19-15)9-12-5-2-3-6-12/h12-13,16H,2-11H2,1H3,(H,17,18,19). The number of piperidine rings is 1. The van der Waals surface area contributed by atoms with Crippen molar-refractivity contribution in [3.8, 4) is 0 Å². The van der Waals surface area contributed by atoms with Crippen molar-refractivity contribution in [3.63, 3.8) is 0 Å². The lowest BCUT2D eigenvalue weighted by Gasteiger charge is -2.31. The largest absolute Gasteiger partial charge is 0.339 e. The predicted molar refractivity (Wildman–Crippen MR) is 80.9 cm³/mol. The molecule has 0 aromatic carbocycles. The minimum absolute atomic E-state index is 0.727. The molecule has 2 heterocycles. The topological polar surface area (TPSA) is 56.8 Å². The van der Waals surface area contributed by atoms with E-state index < -0.39 is 0 Å². The lowest BCUT2D eigenvalue weighted by atomic mass is 9.98. The molecule has 5 heteroatoms. The highest BCUT2D eigenvalue weighted by molar-refractivity contribution is 5.29. The van der Waals surface area contributed by atoms with Crippen LogP contribution in [0.15, 0.2) is 0 Å². The third-order valence-corrected chi connectivity index (χ3v) is 4.77. The van der Waals surface area contributed by atoms with Crippen molar-refractivity contribution in [2.75, 3.05) is 31.6 Å². The zero-order valence-electron chi connectivity index (χ0n) is 12.6. The van der Waals surface area contributed by atoms with E-state index in [9.17, 15) is 0 Å². The molecule has 1 atom stereocenters. The first-order chi connectivity index (χ1) is 9.85. The van der Waals surface area contributed by atoms with Gasteiger partial charge in [0, 0.05) is 19.5 Å². The molecule has 2 N–H and O–H groups in total. The number of anilines is 1. The maximum Gasteiger partial charge on any atom is 0.244 e. The van der Waals surface area contributed by atoms with Crippen LogP contribution in [0.2, 0.25) is 0 Å². The Bertz CT molecular complexity index is 408. The molecule has 1 aliphatic carbocycles. The van der Waals surface area contributed by atoms with Crippen LogP contribution in [0.4, 0.5) is 5.95 Å². The molecule has 2 fully saturated rings. The van der Waals surface area contributed by atoms with Crippen molar-refractivity contribution in [1.82, 2.24) is 20.5 Å². The Morgan fingerprint density at radius 2 is 2.00 bits per heavy atom. The molecule has 1 unspecified atom stereocenters. The molecule has 0 bridgehead atoms. The van der Waals surface area contributed by atoms with Crippen LogP contribution in [-0.4, -0.2) is 41.9 Å². The van der Waals surface area contributed by atoms with Gasteiger partial charge in [-0.3, -0.25) is 5.10 Å². The van der Waals surface area contributed by atoms with E-state index in [4.69, 9.17) is 4.98 Å². The summed E-state index contributed by atoms with van der Waals surface area (Å²) in [5, 5.41) is 10.9. The minimum atomic E-state index is 0.727. The molecule has 3 rings (SSSR count). The van der Waals surface area contributed by atoms with Gasteiger partial charge in [-0.25, -0.2) is 0 Å². The van der Waals surface area contributed by atoms with Crippen LogP contribution in [0.1, 0.15) is 44.3 Å². The van der Waals surface area contributed by atoms with Crippen LogP contribution >= 0.6 is 0 Å². The van der Waals surface area contributed by atoms with Crippen molar-refractivity contribution in [1.29, 1.82) is 0 Å². The summed E-state index contributed by atoms with van der Waals surface area (Å²) in [6.45, 7) is 3.28. The van der Waals surface area contributed by atoms with Crippen LogP contribution in [0.5, 0.6) is 0 Å². The summed E-state index contributed by atoms with van der Waals surface area (Å²) in [6, 6.07) is 0. The second-order valence-corrected chi connectivity index (χ2v) is 6.45. The summed E-state index contributed by atoms with van der Waals surface area (Å²) >= 11 is 0. The molecule has 1 aromatic heterocycles. The first-order valence-corrected chi connectivity index (χ1v) is 8.16. The van der Waals surface area contributed by atoms with Gasteiger partial charge in [0.1, 0.15) is 5.82 Å². The van der Waals surface area contributed by atoms with E-state index >= 15 is 0 Å². The average Bonchev–Trinajstić information content (AvgIpc) is 3.12. The van der Waals surface area contributed by atoms with Crippen molar-refractivity contribution < 1.29 is 0 Å². The molecule has 2 aliphatic rings. The van der Waals surface area contributed by atoms with Crippen LogP contribution in [0, 0.1) is 11.8 Å². The molecule has 1 saturated heterocycles. The Morgan fingerprint density at radius 1 is 1.20 bits per heavy atom. The molecule has 0 spiro atoms. The third kappa shape index (κ3) is 3.32. The normalized spacial score (nSPS) is 24.4. The van der Waals surface area contributed by atoms with Gasteiger partial charge >= 0.3 is 0 Å². The SMILES string of the molecule is CNCC1CCCN(c2n[nH]c(CC3CCCC3)n2)C1. The maximum atomic E-state index is 4.73. The van der Waals surface area contributed by atoms with E-state index in [1.807, 2.05) is 7.05 Å². The molecule has 0 amide bonds. The Hall–Kier alpha value is -1.10. The highest BCUT2D eigenvalue weighted by Crippen LogP contribution is 2.27. The summed E-state index contributed by atoms with van der Waals surface area (Å²) in [7, 11) is 2.03. The maximum absolute atomic E-state index is 4.73. The molecule has 1 saturated carbocycles. The van der Waals surface area contributed by atoms with Crippen LogP contribution in [-0.2, 0) is 6.42 Å². The number of nitrogens with one attached hydrogen (secondary N) is 2. The second kappa shape index (κ2) is 6.57. The summed E-state index contributed by atoms with van der Waals surface area (Å²) < 4.78 is 0. The molecule has 1 aliphatic heterocycles. The molecular weight excluding hydrogens is 250 g/mol. The van der Waals surface area contributed by atoms with E-state index in [-0.39, 0.29) is 0 Å². The van der Waals surface area contributed by atoms with Gasteiger partial charge in [-0.2, -0.15) is 4.98 Å². The smallest absolute Gasteiger partial charge is 0.244 e. The fourth-order valence-electron chi connectivity index (χ4n) is 3.71. The van der Waals surface area contributed by atoms with E-state index in [0.717, 1.165) is 49.7 Å². The van der Waals surface area contributed by atoms with Gasteiger partial charge in [-0.1, -0.05) is 25.7 Å². The molecular formula is C15H27N5. The zero-order chi connectivity index (χ0) is 13.8. The van der Waals surface area contributed by atoms with Gasteiger partial charge < -0.3 is 10.2 Å². The van der Waals surface area contributed by atoms with Crippen molar-refractivity contribution in [2.24, 2.45) is 11.8 Å². The summed E-state index contributed by atoms with van der Waals surface area (Å²) in [5.74, 6) is 3.56. The lowest BCUT2D eigenvalue weighted by molar-refractivity contribution is 0.399. The quantitative estimate of drug-likeness (QED) is 0.864. The Morgan fingerprint density at radius 3 is 2.80 bits per heavy atom. The van der Waals surface area contributed by atoms with Gasteiger partial charge in [0.2, 0.25) is 5.95 Å². The number of nitrogens with zero attached hydrogens (tertiary/aromatic N) is 3. The van der Waals surface area contributed by atoms with Crippen molar-refractivity contribution in [3.05, 3.63) is 5.82 Å².